The molecule has 4 nitrogen and oxygen atoms in total. The van der Waals surface area contributed by atoms with E-state index < -0.39 is 5.91 Å². The number of carbonyl (C=O) groups is 1. The maximum absolute atomic E-state index is 10.9. The van der Waals surface area contributed by atoms with Crippen LogP contribution < -0.4 is 11.3 Å². The highest BCUT2D eigenvalue weighted by atomic mass is 35.5. The van der Waals surface area contributed by atoms with Crippen LogP contribution in [0.5, 0.6) is 0 Å². The zero-order chi connectivity index (χ0) is 13.0. The van der Waals surface area contributed by atoms with E-state index in [1.807, 2.05) is 23.6 Å². The highest BCUT2D eigenvalue weighted by Gasteiger charge is 2.06. The highest BCUT2D eigenvalue weighted by molar-refractivity contribution is 6.33. The Bertz CT molecular complexity index is 590. The Morgan fingerprint density at radius 3 is 2.78 bits per heavy atom. The lowest BCUT2D eigenvalue weighted by Crippen LogP contribution is -2.27. The van der Waals surface area contributed by atoms with Crippen LogP contribution in [-0.4, -0.2) is 5.91 Å². The molecule has 3 N–H and O–H groups in total. The molecule has 0 radical (unpaired) electrons. The number of carbonyl (C=O) groups excluding carboxylic acids is 1. The molecule has 0 bridgehead atoms. The van der Waals surface area contributed by atoms with Crippen molar-refractivity contribution in [3.05, 3.63) is 53.3 Å². The van der Waals surface area contributed by atoms with Crippen molar-refractivity contribution < 1.29 is 9.21 Å². The predicted molar refractivity (Wildman–Crippen MR) is 70.5 cm³/mol. The van der Waals surface area contributed by atoms with Gasteiger partial charge in [-0.3, -0.25) is 10.2 Å². The molecular formula is C13H11ClN2O2. The van der Waals surface area contributed by atoms with Crippen LogP contribution in [-0.2, 0) is 4.79 Å². The van der Waals surface area contributed by atoms with Crippen molar-refractivity contribution in [2.24, 2.45) is 5.84 Å². The third kappa shape index (κ3) is 2.80. The van der Waals surface area contributed by atoms with E-state index in [0.717, 1.165) is 5.56 Å². The Labute approximate surface area is 109 Å². The minimum atomic E-state index is -0.398. The third-order valence-electron chi connectivity index (χ3n) is 2.31. The lowest BCUT2D eigenvalue weighted by atomic mass is 10.2. The van der Waals surface area contributed by atoms with E-state index in [9.17, 15) is 4.79 Å². The summed E-state index contributed by atoms with van der Waals surface area (Å²) in [5.41, 5.74) is 2.80. The van der Waals surface area contributed by atoms with Crippen molar-refractivity contribution in [3.63, 3.8) is 0 Å². The first kappa shape index (κ1) is 12.4. The molecule has 0 aliphatic heterocycles. The molecular weight excluding hydrogens is 252 g/mol. The molecule has 18 heavy (non-hydrogen) atoms. The number of rotatable bonds is 3. The van der Waals surface area contributed by atoms with Crippen LogP contribution in [0.15, 0.2) is 46.9 Å². The first-order valence-electron chi connectivity index (χ1n) is 5.24. The first-order valence-corrected chi connectivity index (χ1v) is 5.62. The second-order valence-electron chi connectivity index (χ2n) is 3.52. The molecule has 2 rings (SSSR count). The normalized spacial score (nSPS) is 10.8. The van der Waals surface area contributed by atoms with Crippen LogP contribution in [0.3, 0.4) is 0 Å². The summed E-state index contributed by atoms with van der Waals surface area (Å²) in [5.74, 6) is 5.75. The van der Waals surface area contributed by atoms with Crippen LogP contribution in [0, 0.1) is 0 Å². The number of hydrogen-bond donors (Lipinski definition) is 2. The standard InChI is InChI=1S/C13H11ClN2O2/c14-11-4-2-1-3-10(11)12-7-5-9(18-12)6-8-13(17)16-15/h1-8H,15H2,(H,16,17)/b8-6+. The number of amides is 1. The van der Waals surface area contributed by atoms with Gasteiger partial charge >= 0.3 is 0 Å². The average Bonchev–Trinajstić information content (AvgIpc) is 2.85. The average molecular weight is 263 g/mol. The zero-order valence-electron chi connectivity index (χ0n) is 9.39. The summed E-state index contributed by atoms with van der Waals surface area (Å²) in [5, 5.41) is 0.613. The van der Waals surface area contributed by atoms with Gasteiger partial charge in [0.1, 0.15) is 11.5 Å². The van der Waals surface area contributed by atoms with Gasteiger partial charge in [-0.05, 0) is 30.3 Å². The van der Waals surface area contributed by atoms with Gasteiger partial charge in [-0.15, -0.1) is 0 Å². The molecule has 1 aromatic heterocycles. The topological polar surface area (TPSA) is 68.3 Å². The molecule has 0 atom stereocenters. The SMILES string of the molecule is NNC(=O)/C=C/c1ccc(-c2ccccc2Cl)o1. The van der Waals surface area contributed by atoms with Gasteiger partial charge in [0.15, 0.2) is 0 Å². The van der Waals surface area contributed by atoms with Crippen molar-refractivity contribution in [2.75, 3.05) is 0 Å². The fraction of sp³-hybridized carbons (Fsp3) is 0. The van der Waals surface area contributed by atoms with Crippen LogP contribution in [0.25, 0.3) is 17.4 Å². The zero-order valence-corrected chi connectivity index (χ0v) is 10.1. The molecule has 1 heterocycles. The van der Waals surface area contributed by atoms with Crippen molar-refractivity contribution in [2.45, 2.75) is 0 Å². The van der Waals surface area contributed by atoms with E-state index in [2.05, 4.69) is 0 Å². The molecule has 0 spiro atoms. The highest BCUT2D eigenvalue weighted by Crippen LogP contribution is 2.29. The van der Waals surface area contributed by atoms with Crippen LogP contribution >= 0.6 is 11.6 Å². The number of halogens is 1. The minimum absolute atomic E-state index is 0.398. The molecule has 92 valence electrons. The Morgan fingerprint density at radius 2 is 2.06 bits per heavy atom. The molecule has 5 heteroatoms. The van der Waals surface area contributed by atoms with Gasteiger partial charge in [0.25, 0.3) is 5.91 Å². The lowest BCUT2D eigenvalue weighted by molar-refractivity contribution is -0.116. The van der Waals surface area contributed by atoms with E-state index >= 15 is 0 Å². The fourth-order valence-corrected chi connectivity index (χ4v) is 1.68. The smallest absolute Gasteiger partial charge is 0.258 e. The maximum Gasteiger partial charge on any atom is 0.258 e. The number of benzene rings is 1. The quantitative estimate of drug-likeness (QED) is 0.387. The fourth-order valence-electron chi connectivity index (χ4n) is 1.45. The second kappa shape index (κ2) is 5.53. The molecule has 1 amide bonds. The number of hydrogen-bond acceptors (Lipinski definition) is 3. The Morgan fingerprint density at radius 1 is 1.28 bits per heavy atom. The van der Waals surface area contributed by atoms with E-state index in [0.29, 0.717) is 16.5 Å². The van der Waals surface area contributed by atoms with Gasteiger partial charge in [-0.1, -0.05) is 23.7 Å². The lowest BCUT2D eigenvalue weighted by Gasteiger charge is -1.98. The van der Waals surface area contributed by atoms with Crippen LogP contribution in [0.1, 0.15) is 5.76 Å². The van der Waals surface area contributed by atoms with Crippen molar-refractivity contribution in [3.8, 4) is 11.3 Å². The molecule has 0 aliphatic rings. The summed E-state index contributed by atoms with van der Waals surface area (Å²) in [7, 11) is 0. The van der Waals surface area contributed by atoms with Gasteiger partial charge in [0.2, 0.25) is 0 Å². The van der Waals surface area contributed by atoms with E-state index in [-0.39, 0.29) is 0 Å². The minimum Gasteiger partial charge on any atom is -0.457 e. The van der Waals surface area contributed by atoms with Gasteiger partial charge in [0.05, 0.1) is 5.02 Å². The molecule has 0 aliphatic carbocycles. The van der Waals surface area contributed by atoms with Crippen molar-refractivity contribution in [1.82, 2.24) is 5.43 Å². The van der Waals surface area contributed by atoms with E-state index in [1.54, 1.807) is 18.2 Å². The second-order valence-corrected chi connectivity index (χ2v) is 3.93. The number of furan rings is 1. The van der Waals surface area contributed by atoms with Crippen LogP contribution in [0.4, 0.5) is 0 Å². The Kier molecular flexibility index (Phi) is 3.82. The molecule has 2 aromatic rings. The molecule has 0 saturated carbocycles. The van der Waals surface area contributed by atoms with Crippen molar-refractivity contribution >= 4 is 23.6 Å². The molecule has 0 unspecified atom stereocenters. The summed E-state index contributed by atoms with van der Waals surface area (Å²) >= 11 is 6.06. The Hall–Kier alpha value is -2.04. The molecule has 0 saturated heterocycles. The summed E-state index contributed by atoms with van der Waals surface area (Å²) in [6.07, 6.45) is 2.82. The van der Waals surface area contributed by atoms with Gasteiger partial charge < -0.3 is 4.42 Å². The van der Waals surface area contributed by atoms with Gasteiger partial charge in [0, 0.05) is 11.6 Å². The van der Waals surface area contributed by atoms with Crippen LogP contribution in [0.2, 0.25) is 5.02 Å². The summed E-state index contributed by atoms with van der Waals surface area (Å²) < 4.78 is 5.55. The number of hydrazine groups is 1. The Balaban J connectivity index is 2.24. The molecule has 0 fully saturated rings. The first-order chi connectivity index (χ1) is 8.70. The van der Waals surface area contributed by atoms with E-state index in [1.165, 1.54) is 12.2 Å². The largest absolute Gasteiger partial charge is 0.457 e. The summed E-state index contributed by atoms with van der Waals surface area (Å²) in [6.45, 7) is 0. The predicted octanol–water partition coefficient (Wildman–Crippen LogP) is 2.60. The third-order valence-corrected chi connectivity index (χ3v) is 2.64. The monoisotopic (exact) mass is 262 g/mol. The van der Waals surface area contributed by atoms with Gasteiger partial charge in [-0.25, -0.2) is 5.84 Å². The van der Waals surface area contributed by atoms with Crippen molar-refractivity contribution in [1.29, 1.82) is 0 Å². The maximum atomic E-state index is 10.9. The summed E-state index contributed by atoms with van der Waals surface area (Å²) in [6, 6.07) is 10.9. The van der Waals surface area contributed by atoms with E-state index in [4.69, 9.17) is 21.9 Å². The molecule has 1 aromatic carbocycles. The summed E-state index contributed by atoms with van der Waals surface area (Å²) in [4.78, 5) is 10.9. The number of nitrogens with two attached hydrogens (primary N) is 1. The van der Waals surface area contributed by atoms with Gasteiger partial charge in [-0.2, -0.15) is 0 Å². The number of nitrogens with one attached hydrogen (secondary N) is 1.